The predicted molar refractivity (Wildman–Crippen MR) is 70.7 cm³/mol. The van der Waals surface area contributed by atoms with Gasteiger partial charge in [-0.15, -0.1) is 0 Å². The van der Waals surface area contributed by atoms with Crippen molar-refractivity contribution in [1.82, 2.24) is 4.98 Å². The largest absolute Gasteiger partial charge is 0.462 e. The SMILES string of the molecule is CCOC(=O)c1ccc(NC2CCCCC2)nc1. The maximum Gasteiger partial charge on any atom is 0.339 e. The minimum absolute atomic E-state index is 0.311. The van der Waals surface area contributed by atoms with Gasteiger partial charge in [-0.1, -0.05) is 19.3 Å². The molecule has 1 aromatic heterocycles. The summed E-state index contributed by atoms with van der Waals surface area (Å²) in [7, 11) is 0. The van der Waals surface area contributed by atoms with Gasteiger partial charge in [-0.25, -0.2) is 9.78 Å². The van der Waals surface area contributed by atoms with Crippen molar-refractivity contribution in [2.24, 2.45) is 0 Å². The summed E-state index contributed by atoms with van der Waals surface area (Å²) in [4.78, 5) is 15.7. The third-order valence-corrected chi connectivity index (χ3v) is 3.23. The molecule has 0 spiro atoms. The third kappa shape index (κ3) is 3.45. The van der Waals surface area contributed by atoms with Crippen LogP contribution in [0.4, 0.5) is 5.82 Å². The fourth-order valence-electron chi connectivity index (χ4n) is 2.27. The number of anilines is 1. The topological polar surface area (TPSA) is 51.2 Å². The van der Waals surface area contributed by atoms with Gasteiger partial charge in [0, 0.05) is 12.2 Å². The first-order valence-electron chi connectivity index (χ1n) is 6.69. The molecule has 0 bridgehead atoms. The Balaban J connectivity index is 1.92. The summed E-state index contributed by atoms with van der Waals surface area (Å²) < 4.78 is 4.92. The molecule has 18 heavy (non-hydrogen) atoms. The second-order valence-corrected chi connectivity index (χ2v) is 4.63. The van der Waals surface area contributed by atoms with Crippen LogP contribution in [0.25, 0.3) is 0 Å². The molecule has 1 aromatic rings. The molecule has 0 aromatic carbocycles. The van der Waals surface area contributed by atoms with E-state index in [4.69, 9.17) is 4.74 Å². The summed E-state index contributed by atoms with van der Waals surface area (Å²) in [6.07, 6.45) is 7.91. The number of hydrogen-bond donors (Lipinski definition) is 1. The van der Waals surface area contributed by atoms with Crippen LogP contribution in [0.15, 0.2) is 18.3 Å². The van der Waals surface area contributed by atoms with E-state index < -0.39 is 0 Å². The molecular formula is C14H20N2O2. The highest BCUT2D eigenvalue weighted by Crippen LogP contribution is 2.20. The average Bonchev–Trinajstić information content (AvgIpc) is 2.41. The smallest absolute Gasteiger partial charge is 0.339 e. The van der Waals surface area contributed by atoms with Crippen LogP contribution in [0, 0.1) is 0 Å². The molecular weight excluding hydrogens is 228 g/mol. The van der Waals surface area contributed by atoms with Gasteiger partial charge in [-0.2, -0.15) is 0 Å². The number of nitrogens with zero attached hydrogens (tertiary/aromatic N) is 1. The first kappa shape index (κ1) is 12.9. The Morgan fingerprint density at radius 2 is 2.17 bits per heavy atom. The summed E-state index contributed by atoms with van der Waals surface area (Å²) >= 11 is 0. The van der Waals surface area contributed by atoms with Crippen LogP contribution in [0.2, 0.25) is 0 Å². The molecule has 0 saturated heterocycles. The van der Waals surface area contributed by atoms with E-state index in [1.165, 1.54) is 32.1 Å². The second-order valence-electron chi connectivity index (χ2n) is 4.63. The van der Waals surface area contributed by atoms with Crippen LogP contribution in [0.5, 0.6) is 0 Å². The van der Waals surface area contributed by atoms with Crippen LogP contribution >= 0.6 is 0 Å². The Morgan fingerprint density at radius 3 is 2.78 bits per heavy atom. The highest BCUT2D eigenvalue weighted by atomic mass is 16.5. The van der Waals surface area contributed by atoms with Gasteiger partial charge in [0.1, 0.15) is 5.82 Å². The molecule has 98 valence electrons. The van der Waals surface area contributed by atoms with Crippen LogP contribution in [0.3, 0.4) is 0 Å². The zero-order chi connectivity index (χ0) is 12.8. The average molecular weight is 248 g/mol. The van der Waals surface area contributed by atoms with Crippen molar-refractivity contribution < 1.29 is 9.53 Å². The van der Waals surface area contributed by atoms with Crippen molar-refractivity contribution in [2.75, 3.05) is 11.9 Å². The first-order chi connectivity index (χ1) is 8.79. The number of pyridine rings is 1. The van der Waals surface area contributed by atoms with Crippen molar-refractivity contribution in [3.63, 3.8) is 0 Å². The monoisotopic (exact) mass is 248 g/mol. The number of nitrogens with one attached hydrogen (secondary N) is 1. The summed E-state index contributed by atoms with van der Waals surface area (Å²) in [5, 5.41) is 3.42. The zero-order valence-electron chi connectivity index (χ0n) is 10.8. The lowest BCUT2D eigenvalue weighted by molar-refractivity contribution is 0.0526. The highest BCUT2D eigenvalue weighted by Gasteiger charge is 2.13. The van der Waals surface area contributed by atoms with E-state index in [0.717, 1.165) is 5.82 Å². The van der Waals surface area contributed by atoms with Gasteiger partial charge in [0.25, 0.3) is 0 Å². The number of hydrogen-bond acceptors (Lipinski definition) is 4. The molecule has 2 rings (SSSR count). The Morgan fingerprint density at radius 1 is 1.39 bits per heavy atom. The fourth-order valence-corrected chi connectivity index (χ4v) is 2.27. The normalized spacial score (nSPS) is 16.3. The number of esters is 1. The lowest BCUT2D eigenvalue weighted by Crippen LogP contribution is -2.22. The summed E-state index contributed by atoms with van der Waals surface area (Å²) in [5.74, 6) is 0.532. The van der Waals surface area contributed by atoms with Crippen molar-refractivity contribution in [1.29, 1.82) is 0 Å². The van der Waals surface area contributed by atoms with Gasteiger partial charge >= 0.3 is 5.97 Å². The molecule has 1 N–H and O–H groups in total. The van der Waals surface area contributed by atoms with E-state index in [1.807, 2.05) is 6.07 Å². The minimum Gasteiger partial charge on any atom is -0.462 e. The Labute approximate surface area is 108 Å². The molecule has 1 aliphatic carbocycles. The van der Waals surface area contributed by atoms with E-state index in [0.29, 0.717) is 18.2 Å². The van der Waals surface area contributed by atoms with Crippen molar-refractivity contribution in [3.05, 3.63) is 23.9 Å². The summed E-state index contributed by atoms with van der Waals surface area (Å²) in [6, 6.07) is 4.14. The zero-order valence-corrected chi connectivity index (χ0v) is 10.8. The van der Waals surface area contributed by atoms with Crippen LogP contribution in [-0.4, -0.2) is 23.6 Å². The molecule has 1 heterocycles. The number of rotatable bonds is 4. The van der Waals surface area contributed by atoms with Gasteiger partial charge in [0.05, 0.1) is 12.2 Å². The second kappa shape index (κ2) is 6.38. The lowest BCUT2D eigenvalue weighted by atomic mass is 9.95. The molecule has 0 aliphatic heterocycles. The summed E-state index contributed by atoms with van der Waals surface area (Å²) in [5.41, 5.74) is 0.506. The Hall–Kier alpha value is -1.58. The molecule has 1 fully saturated rings. The molecule has 4 nitrogen and oxygen atoms in total. The van der Waals surface area contributed by atoms with Crippen LogP contribution in [-0.2, 0) is 4.74 Å². The number of ether oxygens (including phenoxy) is 1. The molecule has 0 atom stereocenters. The van der Waals surface area contributed by atoms with Crippen molar-refractivity contribution >= 4 is 11.8 Å². The molecule has 0 radical (unpaired) electrons. The maximum absolute atomic E-state index is 11.5. The van der Waals surface area contributed by atoms with E-state index >= 15 is 0 Å². The van der Waals surface area contributed by atoms with Crippen LogP contribution in [0.1, 0.15) is 49.4 Å². The van der Waals surface area contributed by atoms with Gasteiger partial charge < -0.3 is 10.1 Å². The van der Waals surface area contributed by atoms with Gasteiger partial charge in [-0.3, -0.25) is 0 Å². The van der Waals surface area contributed by atoms with Crippen LogP contribution < -0.4 is 5.32 Å². The Bertz CT molecular complexity index is 383. The first-order valence-corrected chi connectivity index (χ1v) is 6.69. The van der Waals surface area contributed by atoms with Gasteiger partial charge in [-0.05, 0) is 31.9 Å². The van der Waals surface area contributed by atoms with E-state index in [1.54, 1.807) is 19.2 Å². The molecule has 1 aliphatic rings. The molecule has 0 amide bonds. The van der Waals surface area contributed by atoms with Crippen molar-refractivity contribution in [3.8, 4) is 0 Å². The highest BCUT2D eigenvalue weighted by molar-refractivity contribution is 5.89. The number of carbonyl (C=O) groups excluding carboxylic acids is 1. The van der Waals surface area contributed by atoms with E-state index in [2.05, 4.69) is 10.3 Å². The van der Waals surface area contributed by atoms with E-state index in [9.17, 15) is 4.79 Å². The lowest BCUT2D eigenvalue weighted by Gasteiger charge is -2.23. The standard InChI is InChI=1S/C14H20N2O2/c1-2-18-14(17)11-8-9-13(15-10-11)16-12-6-4-3-5-7-12/h8-10,12H,2-7H2,1H3,(H,15,16). The molecule has 1 saturated carbocycles. The van der Waals surface area contributed by atoms with Gasteiger partial charge in [0.15, 0.2) is 0 Å². The molecule has 4 heteroatoms. The quantitative estimate of drug-likeness (QED) is 0.832. The number of aromatic nitrogens is 1. The fraction of sp³-hybridized carbons (Fsp3) is 0.571. The van der Waals surface area contributed by atoms with Crippen molar-refractivity contribution in [2.45, 2.75) is 45.1 Å². The summed E-state index contributed by atoms with van der Waals surface area (Å²) in [6.45, 7) is 2.19. The number of carbonyl (C=O) groups is 1. The van der Waals surface area contributed by atoms with Gasteiger partial charge in [0.2, 0.25) is 0 Å². The minimum atomic E-state index is -0.311. The predicted octanol–water partition coefficient (Wildman–Crippen LogP) is 3.00. The Kier molecular flexibility index (Phi) is 4.56. The molecule has 0 unspecified atom stereocenters. The maximum atomic E-state index is 11.5. The van der Waals surface area contributed by atoms with E-state index in [-0.39, 0.29) is 5.97 Å². The third-order valence-electron chi connectivity index (χ3n) is 3.23.